The van der Waals surface area contributed by atoms with Crippen molar-refractivity contribution in [2.45, 2.75) is 31.2 Å². The van der Waals surface area contributed by atoms with Crippen molar-refractivity contribution in [3.8, 4) is 5.75 Å². The molecule has 0 saturated carbocycles. The zero-order valence-corrected chi connectivity index (χ0v) is 11.4. The Morgan fingerprint density at radius 3 is 2.86 bits per heavy atom. The topological polar surface area (TPSA) is 84.5 Å². The van der Waals surface area contributed by atoms with Gasteiger partial charge in [-0.2, -0.15) is 0 Å². The fourth-order valence-corrected chi connectivity index (χ4v) is 2.72. The summed E-state index contributed by atoms with van der Waals surface area (Å²) in [6.07, 6.45) is 1.18. The molecule has 1 unspecified atom stereocenters. The van der Waals surface area contributed by atoms with Crippen LogP contribution in [-0.4, -0.2) is 30.4 Å². The Kier molecular flexibility index (Phi) is 3.60. The quantitative estimate of drug-likeness (QED) is 0.775. The van der Waals surface area contributed by atoms with Gasteiger partial charge in [0.1, 0.15) is 11.8 Å². The third kappa shape index (κ3) is 2.74. The first-order valence-corrected chi connectivity index (χ1v) is 7.01. The highest BCUT2D eigenvalue weighted by atomic mass is 16.5. The summed E-state index contributed by atoms with van der Waals surface area (Å²) in [5, 5.41) is 4.98. The van der Waals surface area contributed by atoms with Gasteiger partial charge in [0.15, 0.2) is 0 Å². The van der Waals surface area contributed by atoms with Gasteiger partial charge >= 0.3 is 0 Å². The van der Waals surface area contributed by atoms with Crippen LogP contribution in [0, 0.1) is 0 Å². The van der Waals surface area contributed by atoms with Gasteiger partial charge in [-0.05, 0) is 18.9 Å². The van der Waals surface area contributed by atoms with Gasteiger partial charge in [-0.25, -0.2) is 0 Å². The fraction of sp³-hybridized carbons (Fsp3) is 0.400. The second kappa shape index (κ2) is 5.55. The number of hydrogen-bond donors (Lipinski definition) is 2. The lowest BCUT2D eigenvalue weighted by Crippen LogP contribution is -2.53. The van der Waals surface area contributed by atoms with Gasteiger partial charge in [0.2, 0.25) is 17.7 Å². The summed E-state index contributed by atoms with van der Waals surface area (Å²) in [6.45, 7) is 0.477. The van der Waals surface area contributed by atoms with Gasteiger partial charge in [-0.1, -0.05) is 18.2 Å². The minimum atomic E-state index is -0.634. The Labute approximate surface area is 121 Å². The highest BCUT2D eigenvalue weighted by molar-refractivity contribution is 6.02. The summed E-state index contributed by atoms with van der Waals surface area (Å²) in [6, 6.07) is 6.79. The number of rotatable bonds is 2. The zero-order chi connectivity index (χ0) is 14.8. The van der Waals surface area contributed by atoms with Crippen molar-refractivity contribution >= 4 is 17.7 Å². The Morgan fingerprint density at radius 1 is 1.24 bits per heavy atom. The maximum absolute atomic E-state index is 12.4. The maximum atomic E-state index is 12.4. The van der Waals surface area contributed by atoms with Crippen LogP contribution >= 0.6 is 0 Å². The summed E-state index contributed by atoms with van der Waals surface area (Å²) >= 11 is 0. The predicted molar refractivity (Wildman–Crippen MR) is 73.6 cm³/mol. The molecule has 6 nitrogen and oxygen atoms in total. The van der Waals surface area contributed by atoms with E-state index in [4.69, 9.17) is 4.74 Å². The maximum Gasteiger partial charge on any atom is 0.249 e. The smallest absolute Gasteiger partial charge is 0.249 e. The van der Waals surface area contributed by atoms with Gasteiger partial charge in [-0.15, -0.1) is 0 Å². The van der Waals surface area contributed by atoms with Crippen molar-refractivity contribution in [2.75, 3.05) is 6.61 Å². The van der Waals surface area contributed by atoms with Gasteiger partial charge in [0, 0.05) is 12.0 Å². The summed E-state index contributed by atoms with van der Waals surface area (Å²) in [5.74, 6) is -0.519. The van der Waals surface area contributed by atoms with Crippen molar-refractivity contribution in [1.82, 2.24) is 10.6 Å². The number of hydrogen-bond acceptors (Lipinski definition) is 4. The Balaban J connectivity index is 1.72. The number of amides is 3. The molecule has 1 saturated heterocycles. The molecule has 0 bridgehead atoms. The second-order valence-corrected chi connectivity index (χ2v) is 5.24. The highest BCUT2D eigenvalue weighted by Gasteiger charge is 2.32. The monoisotopic (exact) mass is 288 g/mol. The van der Waals surface area contributed by atoms with Crippen molar-refractivity contribution < 1.29 is 19.1 Å². The SMILES string of the molecule is O=C1CC[C@H](NC(=O)C2CCOc3ccccc32)C(=O)N1. The van der Waals surface area contributed by atoms with Crippen molar-refractivity contribution in [1.29, 1.82) is 0 Å². The average molecular weight is 288 g/mol. The summed E-state index contributed by atoms with van der Waals surface area (Å²) in [4.78, 5) is 35.2. The van der Waals surface area contributed by atoms with Crippen LogP contribution in [0.1, 0.15) is 30.7 Å². The number of carbonyl (C=O) groups is 3. The number of benzene rings is 1. The number of ether oxygens (including phenoxy) is 1. The molecule has 2 aliphatic heterocycles. The average Bonchev–Trinajstić information content (AvgIpc) is 2.49. The Bertz CT molecular complexity index is 599. The third-order valence-corrected chi connectivity index (χ3v) is 3.83. The molecule has 1 aromatic carbocycles. The van der Waals surface area contributed by atoms with Gasteiger partial charge in [0.05, 0.1) is 12.5 Å². The standard InChI is InChI=1S/C15H16N2O4/c18-13-6-5-11(15(20)17-13)16-14(19)10-7-8-21-12-4-2-1-3-9(10)12/h1-4,10-11H,5-8H2,(H,16,19)(H,17,18,20)/t10?,11-/m0/s1. The third-order valence-electron chi connectivity index (χ3n) is 3.83. The minimum absolute atomic E-state index is 0.194. The number of carbonyl (C=O) groups excluding carboxylic acids is 3. The molecule has 6 heteroatoms. The van der Waals surface area contributed by atoms with E-state index in [0.29, 0.717) is 25.2 Å². The lowest BCUT2D eigenvalue weighted by molar-refractivity contribution is -0.137. The molecule has 0 spiro atoms. The molecule has 3 amide bonds. The van der Waals surface area contributed by atoms with Crippen LogP contribution in [-0.2, 0) is 14.4 Å². The van der Waals surface area contributed by atoms with Crippen molar-refractivity contribution in [3.63, 3.8) is 0 Å². The number of nitrogens with one attached hydrogen (secondary N) is 2. The Morgan fingerprint density at radius 2 is 2.05 bits per heavy atom. The molecule has 0 radical (unpaired) electrons. The van der Waals surface area contributed by atoms with Crippen LogP contribution in [0.5, 0.6) is 5.75 Å². The molecule has 2 aliphatic rings. The van der Waals surface area contributed by atoms with E-state index >= 15 is 0 Å². The van der Waals surface area contributed by atoms with E-state index < -0.39 is 11.9 Å². The Hall–Kier alpha value is -2.37. The van der Waals surface area contributed by atoms with Gasteiger partial charge < -0.3 is 10.1 Å². The molecule has 2 atom stereocenters. The highest BCUT2D eigenvalue weighted by Crippen LogP contribution is 2.33. The minimum Gasteiger partial charge on any atom is -0.493 e. The van der Waals surface area contributed by atoms with E-state index in [-0.39, 0.29) is 24.2 Å². The number of piperidine rings is 1. The zero-order valence-electron chi connectivity index (χ0n) is 11.4. The van der Waals surface area contributed by atoms with Gasteiger partial charge in [-0.3, -0.25) is 19.7 Å². The molecule has 3 rings (SSSR count). The van der Waals surface area contributed by atoms with E-state index in [1.807, 2.05) is 24.3 Å². The van der Waals surface area contributed by atoms with E-state index in [9.17, 15) is 14.4 Å². The molecule has 2 heterocycles. The molecule has 1 aromatic rings. The van der Waals surface area contributed by atoms with Crippen LogP contribution in [0.4, 0.5) is 0 Å². The van der Waals surface area contributed by atoms with Crippen LogP contribution in [0.2, 0.25) is 0 Å². The molecular weight excluding hydrogens is 272 g/mol. The van der Waals surface area contributed by atoms with Crippen LogP contribution in [0.15, 0.2) is 24.3 Å². The lowest BCUT2D eigenvalue weighted by atomic mass is 9.91. The number of imide groups is 1. The molecule has 2 N–H and O–H groups in total. The van der Waals surface area contributed by atoms with Gasteiger partial charge in [0.25, 0.3) is 0 Å². The fourth-order valence-electron chi connectivity index (χ4n) is 2.72. The van der Waals surface area contributed by atoms with Crippen molar-refractivity contribution in [3.05, 3.63) is 29.8 Å². The van der Waals surface area contributed by atoms with Crippen LogP contribution < -0.4 is 15.4 Å². The van der Waals surface area contributed by atoms with Crippen molar-refractivity contribution in [2.24, 2.45) is 0 Å². The second-order valence-electron chi connectivity index (χ2n) is 5.24. The molecule has 0 aromatic heterocycles. The summed E-state index contributed by atoms with van der Waals surface area (Å²) in [7, 11) is 0. The molecule has 21 heavy (non-hydrogen) atoms. The predicted octanol–water partition coefficient (Wildman–Crippen LogP) is 0.474. The lowest BCUT2D eigenvalue weighted by Gasteiger charge is -2.28. The first-order chi connectivity index (χ1) is 10.1. The van der Waals surface area contributed by atoms with E-state index in [0.717, 1.165) is 5.56 Å². The van der Waals surface area contributed by atoms with E-state index in [1.54, 1.807) is 0 Å². The normalized spacial score (nSPS) is 24.6. The van der Waals surface area contributed by atoms with E-state index in [2.05, 4.69) is 10.6 Å². The van der Waals surface area contributed by atoms with Crippen LogP contribution in [0.25, 0.3) is 0 Å². The number of fused-ring (bicyclic) bond motifs is 1. The summed E-state index contributed by atoms with van der Waals surface area (Å²) in [5.41, 5.74) is 0.841. The molecule has 110 valence electrons. The number of para-hydroxylation sites is 1. The van der Waals surface area contributed by atoms with E-state index in [1.165, 1.54) is 0 Å². The van der Waals surface area contributed by atoms with Crippen LogP contribution in [0.3, 0.4) is 0 Å². The molecule has 1 fully saturated rings. The molecular formula is C15H16N2O4. The first-order valence-electron chi connectivity index (χ1n) is 7.01. The molecule has 0 aliphatic carbocycles. The first kappa shape index (κ1) is 13.6. The summed E-state index contributed by atoms with van der Waals surface area (Å²) < 4.78 is 5.53. The largest absolute Gasteiger partial charge is 0.493 e.